The van der Waals surface area contributed by atoms with Gasteiger partial charge < -0.3 is 10.5 Å². The minimum atomic E-state index is 0.374. The Kier molecular flexibility index (Phi) is 5.33. The Balaban J connectivity index is 2.03. The van der Waals surface area contributed by atoms with Gasteiger partial charge in [-0.15, -0.1) is 0 Å². The first-order valence-electron chi connectivity index (χ1n) is 7.51. The quantitative estimate of drug-likeness (QED) is 0.850. The zero-order valence-electron chi connectivity index (χ0n) is 13.0. The summed E-state index contributed by atoms with van der Waals surface area (Å²) in [6, 6.07) is 6.31. The number of rotatable bonds is 7. The lowest BCUT2D eigenvalue weighted by Gasteiger charge is -2.12. The van der Waals surface area contributed by atoms with Gasteiger partial charge in [0.1, 0.15) is 12.4 Å². The highest BCUT2D eigenvalue weighted by Crippen LogP contribution is 2.19. The fourth-order valence-corrected chi connectivity index (χ4v) is 2.35. The maximum absolute atomic E-state index is 5.81. The molecule has 2 rings (SSSR count). The Labute approximate surface area is 126 Å². The summed E-state index contributed by atoms with van der Waals surface area (Å²) in [6.07, 6.45) is 4.18. The summed E-state index contributed by atoms with van der Waals surface area (Å²) in [4.78, 5) is 4.39. The summed E-state index contributed by atoms with van der Waals surface area (Å²) in [5, 5.41) is 4.58. The van der Waals surface area contributed by atoms with E-state index < -0.39 is 0 Å². The molecular formula is C16H24N4O. The van der Waals surface area contributed by atoms with Crippen LogP contribution in [0.3, 0.4) is 0 Å². The van der Waals surface area contributed by atoms with Gasteiger partial charge in [-0.05, 0) is 38.0 Å². The van der Waals surface area contributed by atoms with E-state index in [0.717, 1.165) is 35.7 Å². The maximum atomic E-state index is 5.81. The average Bonchev–Trinajstić information content (AvgIpc) is 2.96. The molecule has 0 radical (unpaired) electrons. The monoisotopic (exact) mass is 288 g/mol. The van der Waals surface area contributed by atoms with E-state index in [1.807, 2.05) is 36.0 Å². The highest BCUT2D eigenvalue weighted by molar-refractivity contribution is 5.29. The molecule has 0 fully saturated rings. The molecule has 2 heterocycles. The van der Waals surface area contributed by atoms with Gasteiger partial charge in [0.15, 0.2) is 0 Å². The lowest BCUT2D eigenvalue weighted by Crippen LogP contribution is -2.09. The predicted octanol–water partition coefficient (Wildman–Crippen LogP) is 2.99. The van der Waals surface area contributed by atoms with Gasteiger partial charge in [-0.25, -0.2) is 0 Å². The summed E-state index contributed by atoms with van der Waals surface area (Å²) in [6.45, 7) is 7.11. The van der Waals surface area contributed by atoms with Crippen molar-refractivity contribution in [3.8, 4) is 5.75 Å². The molecule has 0 bridgehead atoms. The van der Waals surface area contributed by atoms with Gasteiger partial charge in [-0.3, -0.25) is 9.67 Å². The number of nitrogens with zero attached hydrogens (tertiary/aromatic N) is 3. The van der Waals surface area contributed by atoms with Crippen LogP contribution in [-0.2, 0) is 13.2 Å². The zero-order valence-corrected chi connectivity index (χ0v) is 13.0. The molecule has 0 aliphatic heterocycles. The Hall–Kier alpha value is -1.88. The van der Waals surface area contributed by atoms with Crippen molar-refractivity contribution in [1.82, 2.24) is 14.8 Å². The molecule has 0 amide bonds. The summed E-state index contributed by atoms with van der Waals surface area (Å²) in [7, 11) is 0. The van der Waals surface area contributed by atoms with Crippen molar-refractivity contribution in [2.24, 2.45) is 5.73 Å². The van der Waals surface area contributed by atoms with E-state index in [4.69, 9.17) is 10.5 Å². The third-order valence-electron chi connectivity index (χ3n) is 3.62. The van der Waals surface area contributed by atoms with E-state index in [1.54, 1.807) is 0 Å². The van der Waals surface area contributed by atoms with Gasteiger partial charge in [0.25, 0.3) is 0 Å². The third kappa shape index (κ3) is 3.82. The molecule has 0 saturated heterocycles. The Morgan fingerprint density at radius 3 is 2.67 bits per heavy atom. The Bertz CT molecular complexity index is 575. The van der Waals surface area contributed by atoms with Crippen LogP contribution in [0.25, 0.3) is 0 Å². The number of aromatic nitrogens is 3. The fraction of sp³-hybridized carbons (Fsp3) is 0.500. The number of hydrogen-bond acceptors (Lipinski definition) is 4. The van der Waals surface area contributed by atoms with Gasteiger partial charge in [0, 0.05) is 18.4 Å². The van der Waals surface area contributed by atoms with Gasteiger partial charge in [0.2, 0.25) is 0 Å². The number of nitrogens with two attached hydrogens (primary N) is 1. The smallest absolute Gasteiger partial charge is 0.142 e. The Morgan fingerprint density at radius 1 is 1.24 bits per heavy atom. The van der Waals surface area contributed by atoms with Crippen molar-refractivity contribution < 1.29 is 4.74 Å². The van der Waals surface area contributed by atoms with Crippen molar-refractivity contribution in [1.29, 1.82) is 0 Å². The van der Waals surface area contributed by atoms with E-state index in [1.165, 1.54) is 0 Å². The molecule has 21 heavy (non-hydrogen) atoms. The average molecular weight is 288 g/mol. The highest BCUT2D eigenvalue weighted by atomic mass is 16.5. The van der Waals surface area contributed by atoms with Gasteiger partial charge in [0.05, 0.1) is 17.4 Å². The molecule has 0 spiro atoms. The summed E-state index contributed by atoms with van der Waals surface area (Å²) in [5.41, 5.74) is 8.36. The molecule has 2 aromatic rings. The van der Waals surface area contributed by atoms with E-state index in [9.17, 15) is 0 Å². The topological polar surface area (TPSA) is 66.0 Å². The first-order chi connectivity index (χ1) is 10.2. The number of pyridine rings is 1. The van der Waals surface area contributed by atoms with Crippen LogP contribution >= 0.6 is 0 Å². The summed E-state index contributed by atoms with van der Waals surface area (Å²) >= 11 is 0. The minimum Gasteiger partial charge on any atom is -0.485 e. The fourth-order valence-electron chi connectivity index (χ4n) is 2.35. The molecule has 5 nitrogen and oxygen atoms in total. The van der Waals surface area contributed by atoms with Gasteiger partial charge >= 0.3 is 0 Å². The molecule has 0 unspecified atom stereocenters. The number of hydrogen-bond donors (Lipinski definition) is 1. The van der Waals surface area contributed by atoms with Crippen molar-refractivity contribution in [2.75, 3.05) is 0 Å². The number of ether oxygens (including phenoxy) is 1. The normalized spacial score (nSPS) is 11.1. The molecule has 0 aliphatic rings. The van der Waals surface area contributed by atoms with Crippen LogP contribution in [0.1, 0.15) is 49.8 Å². The molecule has 114 valence electrons. The van der Waals surface area contributed by atoms with Crippen molar-refractivity contribution >= 4 is 0 Å². The van der Waals surface area contributed by atoms with Crippen molar-refractivity contribution in [3.05, 3.63) is 41.5 Å². The second-order valence-corrected chi connectivity index (χ2v) is 5.15. The zero-order chi connectivity index (χ0) is 15.2. The SMILES string of the molecule is CCC(CC)n1ccc(COc2ccc(C)nc2CN)n1. The molecule has 0 saturated carbocycles. The first kappa shape index (κ1) is 15.5. The largest absolute Gasteiger partial charge is 0.485 e. The van der Waals surface area contributed by atoms with Crippen LogP contribution < -0.4 is 10.5 Å². The summed E-state index contributed by atoms with van der Waals surface area (Å²) < 4.78 is 7.83. The number of aryl methyl sites for hydroxylation is 1. The second kappa shape index (κ2) is 7.22. The van der Waals surface area contributed by atoms with E-state index in [-0.39, 0.29) is 0 Å². The molecule has 0 aliphatic carbocycles. The van der Waals surface area contributed by atoms with Crippen LogP contribution in [0.5, 0.6) is 5.75 Å². The van der Waals surface area contributed by atoms with E-state index in [2.05, 4.69) is 23.9 Å². The molecule has 5 heteroatoms. The van der Waals surface area contributed by atoms with E-state index in [0.29, 0.717) is 19.2 Å². The second-order valence-electron chi connectivity index (χ2n) is 5.15. The van der Waals surface area contributed by atoms with Gasteiger partial charge in [-0.1, -0.05) is 13.8 Å². The molecular weight excluding hydrogens is 264 g/mol. The predicted molar refractivity (Wildman–Crippen MR) is 83.0 cm³/mol. The van der Waals surface area contributed by atoms with Crippen LogP contribution in [-0.4, -0.2) is 14.8 Å². The highest BCUT2D eigenvalue weighted by Gasteiger charge is 2.09. The molecule has 2 N–H and O–H groups in total. The van der Waals surface area contributed by atoms with Crippen molar-refractivity contribution in [3.63, 3.8) is 0 Å². The van der Waals surface area contributed by atoms with E-state index >= 15 is 0 Å². The molecule has 0 aromatic carbocycles. The third-order valence-corrected chi connectivity index (χ3v) is 3.62. The van der Waals surface area contributed by atoms with Crippen LogP contribution in [0.15, 0.2) is 24.4 Å². The lowest BCUT2D eigenvalue weighted by atomic mass is 10.2. The molecule has 0 atom stereocenters. The maximum Gasteiger partial charge on any atom is 0.142 e. The minimum absolute atomic E-state index is 0.374. The van der Waals surface area contributed by atoms with Crippen LogP contribution in [0.4, 0.5) is 0 Å². The standard InChI is InChI=1S/C16H24N4O/c1-4-14(5-2)20-9-8-13(19-20)11-21-16-7-6-12(3)18-15(16)10-17/h6-9,14H,4-5,10-11,17H2,1-3H3. The lowest BCUT2D eigenvalue weighted by molar-refractivity contribution is 0.292. The van der Waals surface area contributed by atoms with Gasteiger partial charge in [-0.2, -0.15) is 5.10 Å². The first-order valence-corrected chi connectivity index (χ1v) is 7.51. The Morgan fingerprint density at radius 2 is 2.00 bits per heavy atom. The molecule has 2 aromatic heterocycles. The van der Waals surface area contributed by atoms with Crippen LogP contribution in [0, 0.1) is 6.92 Å². The van der Waals surface area contributed by atoms with Crippen LogP contribution in [0.2, 0.25) is 0 Å². The summed E-state index contributed by atoms with van der Waals surface area (Å²) in [5.74, 6) is 0.736. The van der Waals surface area contributed by atoms with Crippen molar-refractivity contribution in [2.45, 2.75) is 52.8 Å².